The lowest BCUT2D eigenvalue weighted by molar-refractivity contribution is 0.0984. The molecule has 0 fully saturated rings. The molecular weight excluding hydrogens is 420 g/mol. The first-order valence-electron chi connectivity index (χ1n) is 8.98. The van der Waals surface area contributed by atoms with Crippen LogP contribution in [0.25, 0.3) is 10.2 Å². The van der Waals surface area contributed by atoms with Crippen molar-refractivity contribution in [1.82, 2.24) is 9.88 Å². The third kappa shape index (κ3) is 4.63. The maximum Gasteiger partial charge on any atom is 0.261 e. The predicted octanol–water partition coefficient (Wildman–Crippen LogP) is 5.73. The van der Waals surface area contributed by atoms with Crippen LogP contribution < -0.4 is 4.90 Å². The SMILES string of the molecule is CCN(CC)CCN(C(=O)c1cc(Cl)ccc1Cl)c1nc2ccc(F)cc2s1. The van der Waals surface area contributed by atoms with Crippen LogP contribution in [0.5, 0.6) is 0 Å². The van der Waals surface area contributed by atoms with Crippen LogP contribution in [-0.4, -0.2) is 42.0 Å². The largest absolute Gasteiger partial charge is 0.302 e. The number of carbonyl (C=O) groups excluding carboxylic acids is 1. The number of fused-ring (bicyclic) bond motifs is 1. The van der Waals surface area contributed by atoms with Crippen LogP contribution in [-0.2, 0) is 0 Å². The Kier molecular flexibility index (Phi) is 6.88. The third-order valence-corrected chi connectivity index (χ3v) is 6.11. The van der Waals surface area contributed by atoms with Crippen LogP contribution in [0.1, 0.15) is 24.2 Å². The Morgan fingerprint density at radius 3 is 2.57 bits per heavy atom. The zero-order valence-corrected chi connectivity index (χ0v) is 17.9. The third-order valence-electron chi connectivity index (χ3n) is 4.51. The summed E-state index contributed by atoms with van der Waals surface area (Å²) in [4.78, 5) is 21.7. The van der Waals surface area contributed by atoms with Gasteiger partial charge in [0.1, 0.15) is 5.82 Å². The van der Waals surface area contributed by atoms with Crippen LogP contribution in [0.4, 0.5) is 9.52 Å². The van der Waals surface area contributed by atoms with Crippen molar-refractivity contribution >= 4 is 55.8 Å². The Labute approximate surface area is 177 Å². The summed E-state index contributed by atoms with van der Waals surface area (Å²) in [6.45, 7) is 7.02. The fourth-order valence-corrected chi connectivity index (χ4v) is 4.26. The maximum atomic E-state index is 13.6. The molecule has 0 saturated heterocycles. The van der Waals surface area contributed by atoms with Crippen LogP contribution in [0.15, 0.2) is 36.4 Å². The van der Waals surface area contributed by atoms with E-state index in [9.17, 15) is 9.18 Å². The zero-order chi connectivity index (χ0) is 20.3. The van der Waals surface area contributed by atoms with E-state index in [0.29, 0.717) is 44.0 Å². The Bertz CT molecular complexity index is 991. The Balaban J connectivity index is 2.00. The first kappa shape index (κ1) is 21.0. The Morgan fingerprint density at radius 2 is 1.86 bits per heavy atom. The molecule has 0 unspecified atom stereocenters. The molecule has 0 bridgehead atoms. The Morgan fingerprint density at radius 1 is 1.11 bits per heavy atom. The van der Waals surface area contributed by atoms with Gasteiger partial charge >= 0.3 is 0 Å². The van der Waals surface area contributed by atoms with E-state index in [4.69, 9.17) is 23.2 Å². The molecule has 2 aromatic carbocycles. The topological polar surface area (TPSA) is 36.4 Å². The average Bonchev–Trinajstić information content (AvgIpc) is 3.09. The van der Waals surface area contributed by atoms with Gasteiger partial charge in [-0.2, -0.15) is 0 Å². The van der Waals surface area contributed by atoms with E-state index in [1.165, 1.54) is 23.5 Å². The number of aromatic nitrogens is 1. The van der Waals surface area contributed by atoms with Gasteiger partial charge in [-0.25, -0.2) is 9.37 Å². The van der Waals surface area contributed by atoms with Gasteiger partial charge in [-0.05, 0) is 49.5 Å². The number of halogens is 3. The van der Waals surface area contributed by atoms with Crippen molar-refractivity contribution in [3.63, 3.8) is 0 Å². The molecule has 1 aromatic heterocycles. The quantitative estimate of drug-likeness (QED) is 0.471. The molecule has 3 aromatic rings. The fraction of sp³-hybridized carbons (Fsp3) is 0.300. The second-order valence-corrected chi connectivity index (χ2v) is 8.07. The minimum absolute atomic E-state index is 0.279. The number of nitrogens with zero attached hydrogens (tertiary/aromatic N) is 3. The second kappa shape index (κ2) is 9.18. The number of hydrogen-bond acceptors (Lipinski definition) is 4. The van der Waals surface area contributed by atoms with Crippen LogP contribution in [0.3, 0.4) is 0 Å². The van der Waals surface area contributed by atoms with E-state index in [1.54, 1.807) is 29.2 Å². The van der Waals surface area contributed by atoms with Gasteiger partial charge in [-0.15, -0.1) is 0 Å². The molecule has 28 heavy (non-hydrogen) atoms. The molecule has 4 nitrogen and oxygen atoms in total. The minimum Gasteiger partial charge on any atom is -0.302 e. The van der Waals surface area contributed by atoms with Crippen molar-refractivity contribution in [2.45, 2.75) is 13.8 Å². The molecule has 1 amide bonds. The van der Waals surface area contributed by atoms with Gasteiger partial charge in [-0.1, -0.05) is 48.4 Å². The van der Waals surface area contributed by atoms with Gasteiger partial charge in [0, 0.05) is 18.1 Å². The number of rotatable bonds is 7. The van der Waals surface area contributed by atoms with Crippen molar-refractivity contribution in [2.24, 2.45) is 0 Å². The summed E-state index contributed by atoms with van der Waals surface area (Å²) in [7, 11) is 0. The molecule has 0 aliphatic rings. The van der Waals surface area contributed by atoms with Crippen LogP contribution in [0, 0.1) is 5.82 Å². The lowest BCUT2D eigenvalue weighted by Gasteiger charge is -2.25. The average molecular weight is 440 g/mol. The number of amides is 1. The monoisotopic (exact) mass is 439 g/mol. The first-order valence-corrected chi connectivity index (χ1v) is 10.6. The molecular formula is C20H20Cl2FN3OS. The number of thiazole rings is 1. The number of carbonyl (C=O) groups is 1. The summed E-state index contributed by atoms with van der Waals surface area (Å²) in [5.74, 6) is -0.610. The van der Waals surface area contributed by atoms with Crippen LogP contribution in [0.2, 0.25) is 10.0 Å². The summed E-state index contributed by atoms with van der Waals surface area (Å²) >= 11 is 13.6. The molecule has 0 N–H and O–H groups in total. The number of benzene rings is 2. The summed E-state index contributed by atoms with van der Waals surface area (Å²) in [6, 6.07) is 9.21. The Hall–Kier alpha value is -1.73. The van der Waals surface area contributed by atoms with Gasteiger partial charge in [0.2, 0.25) is 0 Å². The van der Waals surface area contributed by atoms with E-state index in [-0.39, 0.29) is 11.7 Å². The summed E-state index contributed by atoms with van der Waals surface area (Å²) in [5, 5.41) is 1.27. The van der Waals surface area contributed by atoms with E-state index < -0.39 is 0 Å². The van der Waals surface area contributed by atoms with Gasteiger partial charge in [0.05, 0.1) is 20.8 Å². The molecule has 0 saturated carbocycles. The molecule has 0 atom stereocenters. The van der Waals surface area contributed by atoms with Crippen molar-refractivity contribution in [2.75, 3.05) is 31.1 Å². The van der Waals surface area contributed by atoms with E-state index in [2.05, 4.69) is 23.7 Å². The molecule has 0 aliphatic heterocycles. The highest BCUT2D eigenvalue weighted by Crippen LogP contribution is 2.31. The van der Waals surface area contributed by atoms with E-state index in [1.807, 2.05) is 0 Å². The molecule has 0 spiro atoms. The maximum absolute atomic E-state index is 13.6. The van der Waals surface area contributed by atoms with Crippen molar-refractivity contribution < 1.29 is 9.18 Å². The van der Waals surface area contributed by atoms with Crippen molar-refractivity contribution in [3.8, 4) is 0 Å². The minimum atomic E-state index is -0.332. The smallest absolute Gasteiger partial charge is 0.261 e. The molecule has 148 valence electrons. The normalized spacial score (nSPS) is 11.4. The van der Waals surface area contributed by atoms with Gasteiger partial charge in [0.25, 0.3) is 5.91 Å². The second-order valence-electron chi connectivity index (χ2n) is 6.22. The van der Waals surface area contributed by atoms with Gasteiger partial charge in [-0.3, -0.25) is 9.69 Å². The molecule has 8 heteroatoms. The van der Waals surface area contributed by atoms with Crippen LogP contribution >= 0.6 is 34.5 Å². The highest BCUT2D eigenvalue weighted by molar-refractivity contribution is 7.22. The lowest BCUT2D eigenvalue weighted by Crippen LogP contribution is -2.39. The van der Waals surface area contributed by atoms with Gasteiger partial charge < -0.3 is 4.90 Å². The first-order chi connectivity index (χ1) is 13.4. The van der Waals surface area contributed by atoms with E-state index >= 15 is 0 Å². The highest BCUT2D eigenvalue weighted by Gasteiger charge is 2.24. The highest BCUT2D eigenvalue weighted by atomic mass is 35.5. The lowest BCUT2D eigenvalue weighted by atomic mass is 10.2. The predicted molar refractivity (Wildman–Crippen MR) is 116 cm³/mol. The molecule has 3 rings (SSSR count). The van der Waals surface area contributed by atoms with Crippen molar-refractivity contribution in [1.29, 1.82) is 0 Å². The standard InChI is InChI=1S/C20H20Cl2FN3OS/c1-3-25(4-2)9-10-26(19(27)15-11-13(21)5-7-16(15)22)20-24-17-8-6-14(23)12-18(17)28-20/h5-8,11-12H,3-4,9-10H2,1-2H3. The van der Waals surface area contributed by atoms with Gasteiger partial charge in [0.15, 0.2) is 5.13 Å². The number of anilines is 1. The van der Waals surface area contributed by atoms with Crippen molar-refractivity contribution in [3.05, 3.63) is 57.8 Å². The number of likely N-dealkylation sites (N-methyl/N-ethyl adjacent to an activating group) is 1. The molecule has 0 radical (unpaired) electrons. The number of hydrogen-bond donors (Lipinski definition) is 0. The zero-order valence-electron chi connectivity index (χ0n) is 15.6. The molecule has 0 aliphatic carbocycles. The summed E-state index contributed by atoms with van der Waals surface area (Å²) < 4.78 is 14.3. The summed E-state index contributed by atoms with van der Waals surface area (Å²) in [5.41, 5.74) is 0.971. The fourth-order valence-electron chi connectivity index (χ4n) is 2.87. The molecule has 1 heterocycles. The van der Waals surface area contributed by atoms with E-state index in [0.717, 1.165) is 13.1 Å². The summed E-state index contributed by atoms with van der Waals surface area (Å²) in [6.07, 6.45) is 0.